The van der Waals surface area contributed by atoms with Gasteiger partial charge in [0.05, 0.1) is 34.4 Å². The highest BCUT2D eigenvalue weighted by Crippen LogP contribution is 2.17. The van der Waals surface area contributed by atoms with Gasteiger partial charge in [-0.05, 0) is 103 Å². The summed E-state index contributed by atoms with van der Waals surface area (Å²) < 4.78 is 23.0. The number of likely N-dealkylation sites (N-methyl/N-ethyl adjacent to an activating group) is 1. The summed E-state index contributed by atoms with van der Waals surface area (Å²) >= 11 is 0. The molecule has 0 radical (unpaired) electrons. The van der Waals surface area contributed by atoms with Crippen molar-refractivity contribution in [2.45, 2.75) is 296 Å². The zero-order valence-electron chi connectivity index (χ0n) is 54.3. The molecule has 0 aliphatic heterocycles. The third-order valence-corrected chi connectivity index (χ3v) is 14.5. The second-order valence-corrected chi connectivity index (χ2v) is 23.7. The number of unbranched alkanes of at least 4 members (excludes halogenated alkanes) is 29. The largest absolute Gasteiger partial charge is 0.477 e. The van der Waals surface area contributed by atoms with Crippen LogP contribution in [0, 0.1) is 0 Å². The molecule has 9 nitrogen and oxygen atoms in total. The Hall–Kier alpha value is -4.05. The van der Waals surface area contributed by atoms with Crippen molar-refractivity contribution < 1.29 is 42.9 Å². The van der Waals surface area contributed by atoms with E-state index in [1.165, 1.54) is 154 Å². The predicted octanol–water partition coefficient (Wildman–Crippen LogP) is 21.0. The maximum atomic E-state index is 12.9. The molecule has 0 saturated carbocycles. The standard InChI is InChI=1S/C74H127NO8/c1-6-8-10-12-14-16-18-20-22-24-26-28-30-32-33-34-35-36-37-38-39-41-43-45-47-49-51-53-55-57-59-61-63-65-72(77)83-70(69-82-74(73(78)79)80-67-66-75(3,4)5)68-81-71(76)64-62-60-58-56-54-52-50-48-46-44-42-40-31-29-27-25-23-21-19-17-15-13-11-9-7-2/h8,10,14,16,19-22,25-28,32-33,35-36,38-39,70,74H,6-7,9,11-13,15,17-18,23-24,29-31,34,37,40-69H2,1-5H3/p+1/b10-8-,16-14-,21-19-,22-20-,27-25-,28-26-,33-32-,36-35-,39-38-. The summed E-state index contributed by atoms with van der Waals surface area (Å²) in [5, 5.41) is 9.74. The highest BCUT2D eigenvalue weighted by Gasteiger charge is 2.25. The monoisotopic (exact) mass is 1160 g/mol. The lowest BCUT2D eigenvalue weighted by Crippen LogP contribution is -2.40. The number of carbonyl (C=O) groups excluding carboxylic acids is 2. The third kappa shape index (κ3) is 65.3. The van der Waals surface area contributed by atoms with Crippen molar-refractivity contribution in [1.82, 2.24) is 0 Å². The van der Waals surface area contributed by atoms with Crippen molar-refractivity contribution >= 4 is 17.9 Å². The predicted molar refractivity (Wildman–Crippen MR) is 355 cm³/mol. The molecular weight excluding hydrogens is 1030 g/mol. The van der Waals surface area contributed by atoms with Crippen LogP contribution in [-0.4, -0.2) is 87.4 Å². The van der Waals surface area contributed by atoms with Crippen molar-refractivity contribution in [3.8, 4) is 0 Å². The Kier molecular flexibility index (Phi) is 60.8. The Balaban J connectivity index is 4.17. The van der Waals surface area contributed by atoms with E-state index >= 15 is 0 Å². The summed E-state index contributed by atoms with van der Waals surface area (Å²) in [6.45, 7) is 4.77. The number of carboxylic acid groups (broad SMARTS) is 1. The first kappa shape index (κ1) is 79.0. The minimum atomic E-state index is -1.52. The Morgan fingerprint density at radius 3 is 1.02 bits per heavy atom. The van der Waals surface area contributed by atoms with E-state index in [0.29, 0.717) is 23.9 Å². The molecule has 9 heteroatoms. The molecule has 0 heterocycles. The highest BCUT2D eigenvalue weighted by atomic mass is 16.7. The van der Waals surface area contributed by atoms with Crippen LogP contribution in [0.3, 0.4) is 0 Å². The fraction of sp³-hybridized carbons (Fsp3) is 0.716. The molecule has 0 aliphatic carbocycles. The summed E-state index contributed by atoms with van der Waals surface area (Å²) in [7, 11) is 5.97. The quantitative estimate of drug-likeness (QED) is 0.0211. The number of nitrogens with zero attached hydrogens (tertiary/aromatic N) is 1. The van der Waals surface area contributed by atoms with Crippen LogP contribution in [0.15, 0.2) is 109 Å². The van der Waals surface area contributed by atoms with Gasteiger partial charge >= 0.3 is 17.9 Å². The molecule has 0 fully saturated rings. The highest BCUT2D eigenvalue weighted by molar-refractivity contribution is 5.71. The number of rotatable bonds is 62. The number of allylic oxidation sites excluding steroid dienone is 18. The molecule has 0 rings (SSSR count). The van der Waals surface area contributed by atoms with E-state index in [2.05, 4.69) is 123 Å². The minimum absolute atomic E-state index is 0.183. The molecule has 0 aromatic carbocycles. The van der Waals surface area contributed by atoms with Crippen molar-refractivity contribution in [2.75, 3.05) is 47.5 Å². The molecule has 83 heavy (non-hydrogen) atoms. The molecule has 476 valence electrons. The first-order valence-corrected chi connectivity index (χ1v) is 34.1. The summed E-state index contributed by atoms with van der Waals surface area (Å²) in [6.07, 6.45) is 86.1. The molecular formula is C74H128NO8+. The number of esters is 2. The molecule has 0 saturated heterocycles. The lowest BCUT2D eigenvalue weighted by Gasteiger charge is -2.25. The van der Waals surface area contributed by atoms with Gasteiger partial charge in [0.1, 0.15) is 13.2 Å². The summed E-state index contributed by atoms with van der Waals surface area (Å²) in [4.78, 5) is 37.6. The van der Waals surface area contributed by atoms with Crippen LogP contribution in [0.1, 0.15) is 284 Å². The molecule has 0 amide bonds. The number of ether oxygens (including phenoxy) is 4. The van der Waals surface area contributed by atoms with Crippen molar-refractivity contribution in [3.05, 3.63) is 109 Å². The van der Waals surface area contributed by atoms with Crippen LogP contribution < -0.4 is 0 Å². The van der Waals surface area contributed by atoms with Gasteiger partial charge in [0.15, 0.2) is 6.10 Å². The number of quaternary nitrogens is 1. The molecule has 0 aliphatic rings. The average Bonchev–Trinajstić information content (AvgIpc) is 3.46. The van der Waals surface area contributed by atoms with Gasteiger partial charge in [-0.1, -0.05) is 277 Å². The van der Waals surface area contributed by atoms with Crippen LogP contribution in [0.5, 0.6) is 0 Å². The maximum Gasteiger partial charge on any atom is 0.361 e. The lowest BCUT2D eigenvalue weighted by atomic mass is 10.0. The van der Waals surface area contributed by atoms with Crippen molar-refractivity contribution in [1.29, 1.82) is 0 Å². The summed E-state index contributed by atoms with van der Waals surface area (Å²) in [6, 6.07) is 0. The molecule has 1 N–H and O–H groups in total. The molecule has 2 unspecified atom stereocenters. The average molecular weight is 1160 g/mol. The molecule has 2 atom stereocenters. The number of hydrogen-bond donors (Lipinski definition) is 1. The first-order chi connectivity index (χ1) is 40.6. The number of carbonyl (C=O) groups is 3. The van der Waals surface area contributed by atoms with Crippen LogP contribution in [-0.2, 0) is 33.3 Å². The van der Waals surface area contributed by atoms with Gasteiger partial charge in [-0.25, -0.2) is 4.79 Å². The Morgan fingerprint density at radius 2 is 0.687 bits per heavy atom. The van der Waals surface area contributed by atoms with E-state index < -0.39 is 24.3 Å². The van der Waals surface area contributed by atoms with Gasteiger partial charge in [-0.15, -0.1) is 0 Å². The van der Waals surface area contributed by atoms with Crippen molar-refractivity contribution in [2.24, 2.45) is 0 Å². The van der Waals surface area contributed by atoms with Crippen LogP contribution in [0.25, 0.3) is 0 Å². The summed E-state index contributed by atoms with van der Waals surface area (Å²) in [5.41, 5.74) is 0. The van der Waals surface area contributed by atoms with E-state index in [4.69, 9.17) is 18.9 Å². The van der Waals surface area contributed by atoms with Gasteiger partial charge in [0.2, 0.25) is 0 Å². The maximum absolute atomic E-state index is 12.9. The molecule has 0 aromatic rings. The fourth-order valence-electron chi connectivity index (χ4n) is 9.32. The second-order valence-electron chi connectivity index (χ2n) is 23.7. The van der Waals surface area contributed by atoms with Crippen LogP contribution in [0.4, 0.5) is 0 Å². The van der Waals surface area contributed by atoms with Gasteiger partial charge in [0.25, 0.3) is 6.29 Å². The lowest BCUT2D eigenvalue weighted by molar-refractivity contribution is -0.870. The van der Waals surface area contributed by atoms with E-state index in [1.807, 2.05) is 21.1 Å². The fourth-order valence-corrected chi connectivity index (χ4v) is 9.32. The van der Waals surface area contributed by atoms with Crippen molar-refractivity contribution in [3.63, 3.8) is 0 Å². The van der Waals surface area contributed by atoms with Crippen LogP contribution in [0.2, 0.25) is 0 Å². The van der Waals surface area contributed by atoms with Gasteiger partial charge in [-0.2, -0.15) is 0 Å². The smallest absolute Gasteiger partial charge is 0.361 e. The number of hydrogen-bond acceptors (Lipinski definition) is 7. The number of carboxylic acids is 1. The topological polar surface area (TPSA) is 108 Å². The molecule has 0 aromatic heterocycles. The van der Waals surface area contributed by atoms with Crippen LogP contribution >= 0.6 is 0 Å². The van der Waals surface area contributed by atoms with E-state index in [9.17, 15) is 19.5 Å². The van der Waals surface area contributed by atoms with E-state index in [1.54, 1.807) is 0 Å². The van der Waals surface area contributed by atoms with Gasteiger partial charge in [-0.3, -0.25) is 9.59 Å². The normalized spacial score (nSPS) is 13.4. The van der Waals surface area contributed by atoms with E-state index in [-0.39, 0.29) is 32.2 Å². The summed E-state index contributed by atoms with van der Waals surface area (Å²) in [5.74, 6) is -2.01. The Morgan fingerprint density at radius 1 is 0.373 bits per heavy atom. The second kappa shape index (κ2) is 64.0. The minimum Gasteiger partial charge on any atom is -0.477 e. The zero-order valence-corrected chi connectivity index (χ0v) is 54.3. The van der Waals surface area contributed by atoms with E-state index in [0.717, 1.165) is 96.3 Å². The molecule has 0 spiro atoms. The van der Waals surface area contributed by atoms with Gasteiger partial charge in [0, 0.05) is 12.8 Å². The number of aliphatic carboxylic acids is 1. The zero-order chi connectivity index (χ0) is 60.5. The Bertz CT molecular complexity index is 1730. The van der Waals surface area contributed by atoms with Gasteiger partial charge < -0.3 is 28.5 Å². The first-order valence-electron chi connectivity index (χ1n) is 34.1. The SMILES string of the molecule is CC/C=C\C/C=C\C/C=C\C/C=C\C/C=C\C/C=C\C/C=C\CCCCCCCCCCCCCC(=O)OC(COC(=O)CCCCCCCCCCCCCCC/C=C\C/C=C\CCCCCCC)COC(OCC[N+](C)(C)C)C(=O)O. The molecule has 0 bridgehead atoms. The third-order valence-electron chi connectivity index (χ3n) is 14.5. The Labute approximate surface area is 511 Å².